The highest BCUT2D eigenvalue weighted by Gasteiger charge is 2.07. The highest BCUT2D eigenvalue weighted by molar-refractivity contribution is 6.30. The first-order valence-electron chi connectivity index (χ1n) is 8.40. The van der Waals surface area contributed by atoms with Gasteiger partial charge < -0.3 is 10.6 Å². The zero-order chi connectivity index (χ0) is 19.1. The van der Waals surface area contributed by atoms with Crippen molar-refractivity contribution < 1.29 is 4.79 Å². The van der Waals surface area contributed by atoms with Gasteiger partial charge in [0.05, 0.1) is 17.2 Å². The lowest BCUT2D eigenvalue weighted by Crippen LogP contribution is -2.13. The van der Waals surface area contributed by atoms with Crippen LogP contribution in [0.3, 0.4) is 0 Å². The maximum Gasteiger partial charge on any atom is 0.257 e. The summed E-state index contributed by atoms with van der Waals surface area (Å²) in [7, 11) is 0. The molecule has 5 nitrogen and oxygen atoms in total. The smallest absolute Gasteiger partial charge is 0.257 e. The van der Waals surface area contributed by atoms with Gasteiger partial charge in [-0.2, -0.15) is 5.26 Å². The first kappa shape index (κ1) is 18.4. The van der Waals surface area contributed by atoms with Crippen LogP contribution in [0, 0.1) is 11.3 Å². The molecule has 0 aliphatic heterocycles. The maximum atomic E-state index is 12.3. The fourth-order valence-corrected chi connectivity index (χ4v) is 2.74. The summed E-state index contributed by atoms with van der Waals surface area (Å²) in [4.78, 5) is 16.6. The second-order valence-corrected chi connectivity index (χ2v) is 6.32. The summed E-state index contributed by atoms with van der Waals surface area (Å²) >= 11 is 5.98. The van der Waals surface area contributed by atoms with Gasteiger partial charge in [-0.1, -0.05) is 29.8 Å². The Morgan fingerprint density at radius 2 is 1.96 bits per heavy atom. The molecule has 27 heavy (non-hydrogen) atoms. The molecule has 0 aliphatic rings. The highest BCUT2D eigenvalue weighted by atomic mass is 35.5. The van der Waals surface area contributed by atoms with Crippen molar-refractivity contribution in [2.75, 3.05) is 17.2 Å². The number of benzene rings is 2. The minimum absolute atomic E-state index is 0.275. The molecule has 1 heterocycles. The van der Waals surface area contributed by atoms with Crippen LogP contribution in [0.1, 0.15) is 21.5 Å². The van der Waals surface area contributed by atoms with Gasteiger partial charge in [0.1, 0.15) is 5.82 Å². The second-order valence-electron chi connectivity index (χ2n) is 5.89. The van der Waals surface area contributed by atoms with E-state index in [1.54, 1.807) is 36.4 Å². The number of carbonyl (C=O) groups is 1. The van der Waals surface area contributed by atoms with Crippen LogP contribution in [0.15, 0.2) is 66.9 Å². The van der Waals surface area contributed by atoms with Crippen LogP contribution in [0.25, 0.3) is 0 Å². The molecule has 1 aromatic heterocycles. The standard InChI is InChI=1S/C21H17ClN4O/c22-18-5-1-3-15(11-18)9-10-24-20-8-7-17(14-25-20)21(27)26-19-6-2-4-16(12-19)13-23/h1-8,11-12,14H,9-10H2,(H,24,25)(H,26,27). The summed E-state index contributed by atoms with van der Waals surface area (Å²) in [5.74, 6) is 0.420. The van der Waals surface area contributed by atoms with Gasteiger partial charge in [-0.25, -0.2) is 4.98 Å². The van der Waals surface area contributed by atoms with Crippen LogP contribution in [-0.4, -0.2) is 17.4 Å². The van der Waals surface area contributed by atoms with Crippen molar-refractivity contribution in [2.45, 2.75) is 6.42 Å². The van der Waals surface area contributed by atoms with Crippen molar-refractivity contribution in [3.05, 3.63) is 88.6 Å². The molecule has 0 aliphatic carbocycles. The quantitative estimate of drug-likeness (QED) is 0.663. The molecule has 0 atom stereocenters. The number of anilines is 2. The molecule has 0 bridgehead atoms. The van der Waals surface area contributed by atoms with Crippen molar-refractivity contribution in [3.63, 3.8) is 0 Å². The van der Waals surface area contributed by atoms with Gasteiger partial charge in [-0.05, 0) is 54.4 Å². The van der Waals surface area contributed by atoms with Gasteiger partial charge >= 0.3 is 0 Å². The lowest BCUT2D eigenvalue weighted by atomic mass is 10.1. The summed E-state index contributed by atoms with van der Waals surface area (Å²) in [6, 6.07) is 20.0. The summed E-state index contributed by atoms with van der Waals surface area (Å²) in [6.45, 7) is 0.708. The number of carbonyl (C=O) groups excluding carboxylic acids is 1. The third-order valence-electron chi connectivity index (χ3n) is 3.88. The number of nitriles is 1. The minimum atomic E-state index is -0.275. The molecule has 134 valence electrons. The molecular weight excluding hydrogens is 360 g/mol. The van der Waals surface area contributed by atoms with E-state index in [0.29, 0.717) is 29.2 Å². The molecule has 6 heteroatoms. The molecule has 0 fully saturated rings. The number of hydrogen-bond acceptors (Lipinski definition) is 4. The molecular formula is C21H17ClN4O. The highest BCUT2D eigenvalue weighted by Crippen LogP contribution is 2.13. The molecule has 0 spiro atoms. The van der Waals surface area contributed by atoms with E-state index in [2.05, 4.69) is 15.6 Å². The number of nitrogens with zero attached hydrogens (tertiary/aromatic N) is 2. The van der Waals surface area contributed by atoms with E-state index in [9.17, 15) is 4.79 Å². The lowest BCUT2D eigenvalue weighted by molar-refractivity contribution is 0.102. The molecule has 0 radical (unpaired) electrons. The van der Waals surface area contributed by atoms with E-state index in [4.69, 9.17) is 16.9 Å². The zero-order valence-electron chi connectivity index (χ0n) is 14.4. The van der Waals surface area contributed by atoms with E-state index in [1.807, 2.05) is 30.3 Å². The van der Waals surface area contributed by atoms with E-state index in [1.165, 1.54) is 6.20 Å². The fourth-order valence-electron chi connectivity index (χ4n) is 2.53. The second kappa shape index (κ2) is 8.84. The molecule has 3 aromatic rings. The summed E-state index contributed by atoms with van der Waals surface area (Å²) in [5, 5.41) is 15.6. The van der Waals surface area contributed by atoms with Gasteiger partial charge in [0.15, 0.2) is 0 Å². The van der Waals surface area contributed by atoms with Gasteiger partial charge in [-0.3, -0.25) is 4.79 Å². The van der Waals surface area contributed by atoms with Crippen molar-refractivity contribution in [1.29, 1.82) is 5.26 Å². The molecule has 0 unspecified atom stereocenters. The number of nitrogens with one attached hydrogen (secondary N) is 2. The number of pyridine rings is 1. The Hall–Kier alpha value is -3.36. The number of aromatic nitrogens is 1. The van der Waals surface area contributed by atoms with Crippen molar-refractivity contribution in [1.82, 2.24) is 4.98 Å². The average molecular weight is 377 g/mol. The Labute approximate surface area is 162 Å². The Morgan fingerprint density at radius 3 is 2.70 bits per heavy atom. The Bertz CT molecular complexity index is 980. The first-order valence-corrected chi connectivity index (χ1v) is 8.78. The molecule has 0 saturated carbocycles. The van der Waals surface area contributed by atoms with Gasteiger partial charge in [0, 0.05) is 23.5 Å². The van der Waals surface area contributed by atoms with Crippen LogP contribution in [0.2, 0.25) is 5.02 Å². The summed E-state index contributed by atoms with van der Waals surface area (Å²) in [5.41, 5.74) is 2.65. The third-order valence-corrected chi connectivity index (χ3v) is 4.12. The lowest BCUT2D eigenvalue weighted by Gasteiger charge is -2.08. The van der Waals surface area contributed by atoms with Gasteiger partial charge in [0.2, 0.25) is 0 Å². The molecule has 1 amide bonds. The normalized spacial score (nSPS) is 10.1. The zero-order valence-corrected chi connectivity index (χ0v) is 15.2. The monoisotopic (exact) mass is 376 g/mol. The Kier molecular flexibility index (Phi) is 6.03. The van der Waals surface area contributed by atoms with Crippen molar-refractivity contribution >= 4 is 29.0 Å². The van der Waals surface area contributed by atoms with Crippen molar-refractivity contribution in [2.24, 2.45) is 0 Å². The molecule has 2 aromatic carbocycles. The number of halogens is 1. The van der Waals surface area contributed by atoms with E-state index in [-0.39, 0.29) is 5.91 Å². The largest absolute Gasteiger partial charge is 0.370 e. The topological polar surface area (TPSA) is 77.8 Å². The van der Waals surface area contributed by atoms with Crippen LogP contribution < -0.4 is 10.6 Å². The maximum absolute atomic E-state index is 12.3. The van der Waals surface area contributed by atoms with E-state index < -0.39 is 0 Å². The predicted octanol–water partition coefficient (Wildman–Crippen LogP) is 4.51. The molecule has 0 saturated heterocycles. The number of amides is 1. The van der Waals surface area contributed by atoms with Crippen LogP contribution in [0.4, 0.5) is 11.5 Å². The molecule has 2 N–H and O–H groups in total. The first-order chi connectivity index (χ1) is 13.1. The SMILES string of the molecule is N#Cc1cccc(NC(=O)c2ccc(NCCc3cccc(Cl)c3)nc2)c1. The molecule has 3 rings (SSSR count). The summed E-state index contributed by atoms with van der Waals surface area (Å²) < 4.78 is 0. The van der Waals surface area contributed by atoms with Crippen LogP contribution >= 0.6 is 11.6 Å². The third kappa shape index (κ3) is 5.30. The number of hydrogen-bond donors (Lipinski definition) is 2. The van der Waals surface area contributed by atoms with Crippen LogP contribution in [0.5, 0.6) is 0 Å². The Balaban J connectivity index is 1.54. The fraction of sp³-hybridized carbons (Fsp3) is 0.0952. The Morgan fingerprint density at radius 1 is 1.11 bits per heavy atom. The van der Waals surface area contributed by atoms with E-state index >= 15 is 0 Å². The minimum Gasteiger partial charge on any atom is -0.370 e. The van der Waals surface area contributed by atoms with Crippen LogP contribution in [-0.2, 0) is 6.42 Å². The van der Waals surface area contributed by atoms with Gasteiger partial charge in [-0.15, -0.1) is 0 Å². The predicted molar refractivity (Wildman–Crippen MR) is 107 cm³/mol. The van der Waals surface area contributed by atoms with E-state index in [0.717, 1.165) is 17.0 Å². The summed E-state index contributed by atoms with van der Waals surface area (Å²) in [6.07, 6.45) is 2.34. The van der Waals surface area contributed by atoms with Crippen molar-refractivity contribution in [3.8, 4) is 6.07 Å². The number of rotatable bonds is 6. The van der Waals surface area contributed by atoms with Gasteiger partial charge in [0.25, 0.3) is 5.91 Å². The average Bonchev–Trinajstić information content (AvgIpc) is 2.69.